The monoisotopic (exact) mass is 289 g/mol. The molecule has 0 aromatic heterocycles. The molecule has 2 aliphatic rings. The third-order valence-corrected chi connectivity index (χ3v) is 4.38. The van der Waals surface area contributed by atoms with Crippen LogP contribution in [-0.2, 0) is 9.53 Å². The van der Waals surface area contributed by atoms with Gasteiger partial charge in [0.2, 0.25) is 0 Å². The van der Waals surface area contributed by atoms with Gasteiger partial charge in [0.15, 0.2) is 0 Å². The zero-order valence-electron chi connectivity index (χ0n) is 12.0. The predicted octanol–water partition coefficient (Wildman–Crippen LogP) is 1.52. The van der Waals surface area contributed by atoms with E-state index in [9.17, 15) is 14.7 Å². The van der Waals surface area contributed by atoms with Crippen LogP contribution < -0.4 is 0 Å². The second-order valence-electron chi connectivity index (χ2n) is 5.56. The molecule has 0 bridgehead atoms. The number of amides is 1. The number of aliphatic hydroxyl groups excluding tert-OH is 1. The lowest BCUT2D eigenvalue weighted by Gasteiger charge is -2.39. The van der Waals surface area contributed by atoms with Crippen molar-refractivity contribution in [1.82, 2.24) is 4.90 Å². The van der Waals surface area contributed by atoms with E-state index in [4.69, 9.17) is 4.74 Å². The summed E-state index contributed by atoms with van der Waals surface area (Å²) >= 11 is 0. The van der Waals surface area contributed by atoms with Crippen molar-refractivity contribution in [1.29, 1.82) is 0 Å². The van der Waals surface area contributed by atoms with Crippen LogP contribution in [0.25, 0.3) is 0 Å². The Morgan fingerprint density at radius 2 is 2.19 bits per heavy atom. The highest BCUT2D eigenvalue weighted by molar-refractivity contribution is 5.99. The fraction of sp³-hybridized carbons (Fsp3) is 0.500. The molecule has 5 heteroatoms. The molecule has 21 heavy (non-hydrogen) atoms. The Balaban J connectivity index is 1.92. The Morgan fingerprint density at radius 3 is 2.95 bits per heavy atom. The Morgan fingerprint density at radius 1 is 1.43 bits per heavy atom. The van der Waals surface area contributed by atoms with E-state index in [0.717, 1.165) is 5.56 Å². The minimum atomic E-state index is -0.588. The molecule has 0 aliphatic carbocycles. The molecular formula is C16H19NO4. The van der Waals surface area contributed by atoms with Crippen molar-refractivity contribution in [3.05, 3.63) is 35.4 Å². The molecule has 2 heterocycles. The third kappa shape index (κ3) is 2.31. The SMILES string of the molecule is CCOC(=O)C[C@H]1[C@H]2c3ccccc3C(=O)N2CC[C@@H]1O. The van der Waals surface area contributed by atoms with E-state index in [-0.39, 0.29) is 30.3 Å². The number of esters is 1. The molecule has 0 radical (unpaired) electrons. The first-order chi connectivity index (χ1) is 10.1. The van der Waals surface area contributed by atoms with E-state index in [1.165, 1.54) is 0 Å². The van der Waals surface area contributed by atoms with Crippen LogP contribution in [0.5, 0.6) is 0 Å². The lowest BCUT2D eigenvalue weighted by atomic mass is 9.82. The van der Waals surface area contributed by atoms with Crippen LogP contribution in [0.3, 0.4) is 0 Å². The van der Waals surface area contributed by atoms with Crippen LogP contribution in [0.2, 0.25) is 0 Å². The van der Waals surface area contributed by atoms with E-state index in [2.05, 4.69) is 0 Å². The Kier molecular flexibility index (Phi) is 3.68. The second kappa shape index (κ2) is 5.48. The normalized spacial score (nSPS) is 27.2. The van der Waals surface area contributed by atoms with Crippen molar-refractivity contribution in [3.8, 4) is 0 Å². The van der Waals surface area contributed by atoms with Gasteiger partial charge in [-0.3, -0.25) is 9.59 Å². The quantitative estimate of drug-likeness (QED) is 0.857. The summed E-state index contributed by atoms with van der Waals surface area (Å²) in [5.74, 6) is -0.623. The van der Waals surface area contributed by atoms with Crippen molar-refractivity contribution >= 4 is 11.9 Å². The molecule has 0 saturated carbocycles. The largest absolute Gasteiger partial charge is 0.466 e. The summed E-state index contributed by atoms with van der Waals surface area (Å²) in [7, 11) is 0. The molecule has 2 aliphatic heterocycles. The predicted molar refractivity (Wildman–Crippen MR) is 75.6 cm³/mol. The minimum absolute atomic E-state index is 0.00337. The number of benzene rings is 1. The summed E-state index contributed by atoms with van der Waals surface area (Å²) in [4.78, 5) is 26.0. The van der Waals surface area contributed by atoms with Crippen LogP contribution >= 0.6 is 0 Å². The molecule has 1 aromatic carbocycles. The molecule has 3 atom stereocenters. The molecule has 3 rings (SSSR count). The van der Waals surface area contributed by atoms with Gasteiger partial charge in [0.1, 0.15) is 0 Å². The maximum atomic E-state index is 12.4. The molecule has 1 amide bonds. The van der Waals surface area contributed by atoms with Crippen molar-refractivity contribution in [2.45, 2.75) is 31.9 Å². The molecule has 1 saturated heterocycles. The van der Waals surface area contributed by atoms with Gasteiger partial charge in [0, 0.05) is 18.0 Å². The van der Waals surface area contributed by atoms with E-state index in [1.54, 1.807) is 11.8 Å². The van der Waals surface area contributed by atoms with Crippen molar-refractivity contribution in [2.24, 2.45) is 5.92 Å². The summed E-state index contributed by atoms with van der Waals surface area (Å²) in [6.07, 6.45) is 0.0487. The van der Waals surface area contributed by atoms with Crippen LogP contribution in [0.15, 0.2) is 24.3 Å². The molecule has 0 spiro atoms. The van der Waals surface area contributed by atoms with Gasteiger partial charge in [-0.05, 0) is 25.0 Å². The van der Waals surface area contributed by atoms with Crippen molar-refractivity contribution in [2.75, 3.05) is 13.2 Å². The van der Waals surface area contributed by atoms with Gasteiger partial charge in [-0.2, -0.15) is 0 Å². The number of hydrogen-bond donors (Lipinski definition) is 1. The summed E-state index contributed by atoms with van der Waals surface area (Å²) in [5.41, 5.74) is 1.60. The van der Waals surface area contributed by atoms with Gasteiger partial charge in [0.05, 0.1) is 25.2 Å². The summed E-state index contributed by atoms with van der Waals surface area (Å²) < 4.78 is 5.00. The first-order valence-corrected chi connectivity index (χ1v) is 7.37. The number of carbonyl (C=O) groups is 2. The molecule has 1 N–H and O–H groups in total. The van der Waals surface area contributed by atoms with Crippen molar-refractivity contribution in [3.63, 3.8) is 0 Å². The number of rotatable bonds is 3. The van der Waals surface area contributed by atoms with Gasteiger partial charge in [-0.15, -0.1) is 0 Å². The van der Waals surface area contributed by atoms with Crippen LogP contribution in [0.1, 0.15) is 41.7 Å². The number of fused-ring (bicyclic) bond motifs is 3. The third-order valence-electron chi connectivity index (χ3n) is 4.38. The number of piperidine rings is 1. The highest BCUT2D eigenvalue weighted by Gasteiger charge is 2.47. The van der Waals surface area contributed by atoms with Crippen LogP contribution in [-0.4, -0.2) is 41.1 Å². The standard InChI is InChI=1S/C16H19NO4/c1-2-21-14(19)9-12-13(18)7-8-17-15(12)10-5-3-4-6-11(10)16(17)20/h3-6,12-13,15,18H,2,7-9H2,1H3/t12-,13+,15-/m1/s1. The maximum Gasteiger partial charge on any atom is 0.306 e. The van der Waals surface area contributed by atoms with E-state index in [0.29, 0.717) is 25.1 Å². The van der Waals surface area contributed by atoms with E-state index >= 15 is 0 Å². The zero-order chi connectivity index (χ0) is 15.0. The number of aliphatic hydroxyl groups is 1. The summed E-state index contributed by atoms with van der Waals surface area (Å²) in [5, 5.41) is 10.3. The van der Waals surface area contributed by atoms with Gasteiger partial charge < -0.3 is 14.7 Å². The number of hydrogen-bond acceptors (Lipinski definition) is 4. The molecular weight excluding hydrogens is 270 g/mol. The lowest BCUT2D eigenvalue weighted by molar-refractivity contribution is -0.147. The molecule has 1 fully saturated rings. The highest BCUT2D eigenvalue weighted by Crippen LogP contribution is 2.44. The van der Waals surface area contributed by atoms with Gasteiger partial charge in [-0.1, -0.05) is 18.2 Å². The van der Waals surface area contributed by atoms with E-state index < -0.39 is 6.10 Å². The van der Waals surface area contributed by atoms with Gasteiger partial charge in [0.25, 0.3) is 5.91 Å². The Hall–Kier alpha value is -1.88. The zero-order valence-corrected chi connectivity index (χ0v) is 12.0. The summed E-state index contributed by atoms with van der Waals surface area (Å²) in [6, 6.07) is 7.23. The fourth-order valence-electron chi connectivity index (χ4n) is 3.46. The van der Waals surface area contributed by atoms with Crippen LogP contribution in [0.4, 0.5) is 0 Å². The highest BCUT2D eigenvalue weighted by atomic mass is 16.5. The van der Waals surface area contributed by atoms with Gasteiger partial charge in [-0.25, -0.2) is 0 Å². The Bertz CT molecular complexity index is 571. The van der Waals surface area contributed by atoms with Crippen LogP contribution in [0, 0.1) is 5.92 Å². The van der Waals surface area contributed by atoms with Gasteiger partial charge >= 0.3 is 5.97 Å². The number of nitrogens with zero attached hydrogens (tertiary/aromatic N) is 1. The molecule has 1 aromatic rings. The lowest BCUT2D eigenvalue weighted by Crippen LogP contribution is -2.45. The smallest absolute Gasteiger partial charge is 0.306 e. The number of ether oxygens (including phenoxy) is 1. The second-order valence-corrected chi connectivity index (χ2v) is 5.56. The topological polar surface area (TPSA) is 66.8 Å². The minimum Gasteiger partial charge on any atom is -0.466 e. The number of carbonyl (C=O) groups excluding carboxylic acids is 2. The average molecular weight is 289 g/mol. The maximum absolute atomic E-state index is 12.4. The van der Waals surface area contributed by atoms with Crippen molar-refractivity contribution < 1.29 is 19.4 Å². The first-order valence-electron chi connectivity index (χ1n) is 7.37. The summed E-state index contributed by atoms with van der Waals surface area (Å²) in [6.45, 7) is 2.61. The molecule has 112 valence electrons. The first kappa shape index (κ1) is 14.1. The molecule has 0 unspecified atom stereocenters. The average Bonchev–Trinajstić information content (AvgIpc) is 2.76. The molecule has 5 nitrogen and oxygen atoms in total. The fourth-order valence-corrected chi connectivity index (χ4v) is 3.46. The van der Waals surface area contributed by atoms with E-state index in [1.807, 2.05) is 24.3 Å². The Labute approximate surface area is 123 Å².